The Hall–Kier alpha value is -1.57. The van der Waals surface area contributed by atoms with Crippen LogP contribution in [0.1, 0.15) is 17.7 Å². The Morgan fingerprint density at radius 3 is 2.55 bits per heavy atom. The van der Waals surface area contributed by atoms with Crippen LogP contribution in [0.15, 0.2) is 28.2 Å². The summed E-state index contributed by atoms with van der Waals surface area (Å²) in [6, 6.07) is 5.21. The van der Waals surface area contributed by atoms with Crippen LogP contribution in [0.25, 0.3) is 0 Å². The van der Waals surface area contributed by atoms with Crippen LogP contribution in [0.4, 0.5) is 0 Å². The minimum atomic E-state index is -0.993. The Balaban J connectivity index is 2.07. The topological polar surface area (TPSA) is 95.9 Å². The first-order valence-electron chi connectivity index (χ1n) is 6.20. The van der Waals surface area contributed by atoms with E-state index >= 15 is 0 Å². The van der Waals surface area contributed by atoms with Gasteiger partial charge in [-0.1, -0.05) is 41.0 Å². The number of benzene rings is 1. The maximum absolute atomic E-state index is 11.8. The first-order chi connectivity index (χ1) is 10.5. The molecule has 2 aromatic rings. The van der Waals surface area contributed by atoms with Gasteiger partial charge in [0.25, 0.3) is 5.56 Å². The number of aromatic nitrogens is 3. The van der Waals surface area contributed by atoms with Crippen molar-refractivity contribution in [2.75, 3.05) is 0 Å². The van der Waals surface area contributed by atoms with Gasteiger partial charge in [0.1, 0.15) is 5.69 Å². The lowest BCUT2D eigenvalue weighted by Crippen LogP contribution is -2.18. The lowest BCUT2D eigenvalue weighted by atomic mass is 10.2. The molecule has 0 spiro atoms. The summed E-state index contributed by atoms with van der Waals surface area (Å²) >= 11 is 13.4. The Kier molecular flexibility index (Phi) is 5.82. The van der Waals surface area contributed by atoms with E-state index in [1.165, 1.54) is 11.8 Å². The summed E-state index contributed by atoms with van der Waals surface area (Å²) in [6.45, 7) is 0. The fourth-order valence-electron chi connectivity index (χ4n) is 1.61. The molecule has 116 valence electrons. The second kappa shape index (κ2) is 7.62. The monoisotopic (exact) mass is 359 g/mol. The molecule has 0 aliphatic heterocycles. The number of hydrogen-bond acceptors (Lipinski definition) is 5. The van der Waals surface area contributed by atoms with Gasteiger partial charge in [-0.15, -0.1) is 10.2 Å². The predicted octanol–water partition coefficient (Wildman–Crippen LogP) is 2.78. The number of aromatic amines is 1. The Morgan fingerprint density at radius 2 is 1.95 bits per heavy atom. The van der Waals surface area contributed by atoms with Crippen LogP contribution in [0.2, 0.25) is 10.0 Å². The average Bonchev–Trinajstić information content (AvgIpc) is 2.45. The summed E-state index contributed by atoms with van der Waals surface area (Å²) in [6.07, 6.45) is -0.127. The third-order valence-corrected chi connectivity index (χ3v) is 4.33. The van der Waals surface area contributed by atoms with E-state index in [1.54, 1.807) is 18.2 Å². The van der Waals surface area contributed by atoms with Gasteiger partial charge in [0.2, 0.25) is 0 Å². The quantitative estimate of drug-likeness (QED) is 0.769. The van der Waals surface area contributed by atoms with Crippen molar-refractivity contribution in [2.24, 2.45) is 0 Å². The number of aryl methyl sites for hydroxylation is 1. The van der Waals surface area contributed by atoms with Crippen molar-refractivity contribution in [3.8, 4) is 0 Å². The lowest BCUT2D eigenvalue weighted by molar-refractivity contribution is -0.136. The number of carboxylic acids is 1. The molecule has 0 aliphatic carbocycles. The number of H-pyrrole nitrogens is 1. The van der Waals surface area contributed by atoms with E-state index in [1.807, 2.05) is 0 Å². The van der Waals surface area contributed by atoms with E-state index in [-0.39, 0.29) is 18.5 Å². The number of nitrogens with one attached hydrogen (secondary N) is 1. The second-order valence-electron chi connectivity index (χ2n) is 4.29. The molecule has 0 aliphatic rings. The van der Waals surface area contributed by atoms with Crippen LogP contribution in [-0.2, 0) is 17.0 Å². The van der Waals surface area contributed by atoms with Crippen molar-refractivity contribution in [1.29, 1.82) is 0 Å². The molecule has 0 amide bonds. The molecule has 22 heavy (non-hydrogen) atoms. The smallest absolute Gasteiger partial charge is 0.303 e. The van der Waals surface area contributed by atoms with E-state index < -0.39 is 11.5 Å². The Labute approximate surface area is 139 Å². The highest BCUT2D eigenvalue weighted by molar-refractivity contribution is 7.98. The van der Waals surface area contributed by atoms with Gasteiger partial charge in [-0.3, -0.25) is 14.6 Å². The van der Waals surface area contributed by atoms with Crippen LogP contribution in [0, 0.1) is 0 Å². The van der Waals surface area contributed by atoms with Gasteiger partial charge in [-0.2, -0.15) is 0 Å². The number of thioether (sulfide) groups is 1. The highest BCUT2D eigenvalue weighted by atomic mass is 35.5. The molecule has 0 fully saturated rings. The summed E-state index contributed by atoms with van der Waals surface area (Å²) in [7, 11) is 0. The SMILES string of the molecule is O=C(O)CCc1nnc(SCc2c(Cl)cccc2Cl)[nH]c1=O. The molecule has 6 nitrogen and oxygen atoms in total. The van der Waals surface area contributed by atoms with Crippen LogP contribution in [0.5, 0.6) is 0 Å². The van der Waals surface area contributed by atoms with Gasteiger partial charge in [0, 0.05) is 22.2 Å². The summed E-state index contributed by atoms with van der Waals surface area (Å²) in [5.74, 6) is -0.564. The first kappa shape index (κ1) is 16.8. The van der Waals surface area contributed by atoms with Crippen LogP contribution >= 0.6 is 35.0 Å². The van der Waals surface area contributed by atoms with Gasteiger partial charge >= 0.3 is 5.97 Å². The molecular weight excluding hydrogens is 349 g/mol. The number of rotatable bonds is 6. The van der Waals surface area contributed by atoms with Crippen LogP contribution < -0.4 is 5.56 Å². The third kappa shape index (κ3) is 4.46. The standard InChI is InChI=1S/C13H11Cl2N3O3S/c14-8-2-1-3-9(15)7(8)6-22-13-16-12(21)10(17-18-13)4-5-11(19)20/h1-3H,4-6H2,(H,19,20)(H,16,18,21). The Morgan fingerprint density at radius 1 is 1.27 bits per heavy atom. The van der Waals surface area contributed by atoms with Crippen molar-refractivity contribution in [1.82, 2.24) is 15.2 Å². The molecule has 0 saturated carbocycles. The van der Waals surface area contributed by atoms with E-state index in [2.05, 4.69) is 15.2 Å². The number of carboxylic acid groups (broad SMARTS) is 1. The van der Waals surface area contributed by atoms with Crippen molar-refractivity contribution >= 4 is 40.9 Å². The molecule has 0 atom stereocenters. The number of aliphatic carboxylic acids is 1. The molecule has 1 aromatic carbocycles. The van der Waals surface area contributed by atoms with Crippen molar-refractivity contribution in [2.45, 2.75) is 23.8 Å². The summed E-state index contributed by atoms with van der Waals surface area (Å²) in [5, 5.41) is 17.6. The molecular formula is C13H11Cl2N3O3S. The summed E-state index contributed by atoms with van der Waals surface area (Å²) < 4.78 is 0. The molecule has 1 heterocycles. The first-order valence-corrected chi connectivity index (χ1v) is 7.95. The van der Waals surface area contributed by atoms with Gasteiger partial charge in [0.05, 0.1) is 6.42 Å². The molecule has 9 heteroatoms. The summed E-state index contributed by atoms with van der Waals surface area (Å²) in [4.78, 5) is 24.8. The molecule has 0 radical (unpaired) electrons. The van der Waals surface area contributed by atoms with Gasteiger partial charge < -0.3 is 5.11 Å². The highest BCUT2D eigenvalue weighted by Crippen LogP contribution is 2.29. The number of carbonyl (C=O) groups is 1. The van der Waals surface area contributed by atoms with E-state index in [0.717, 1.165) is 5.56 Å². The zero-order chi connectivity index (χ0) is 16.1. The largest absolute Gasteiger partial charge is 0.481 e. The van der Waals surface area contributed by atoms with Crippen LogP contribution in [0.3, 0.4) is 0 Å². The molecule has 2 rings (SSSR count). The maximum atomic E-state index is 11.8. The van der Waals surface area contributed by atoms with Crippen molar-refractivity contribution in [3.63, 3.8) is 0 Å². The number of nitrogens with zero attached hydrogens (tertiary/aromatic N) is 2. The molecule has 0 bridgehead atoms. The van der Waals surface area contributed by atoms with Gasteiger partial charge in [-0.25, -0.2) is 0 Å². The second-order valence-corrected chi connectivity index (χ2v) is 6.07. The Bertz CT molecular complexity index is 731. The molecule has 0 unspecified atom stereocenters. The zero-order valence-corrected chi connectivity index (χ0v) is 13.5. The summed E-state index contributed by atoms with van der Waals surface area (Å²) in [5.41, 5.74) is 0.403. The lowest BCUT2D eigenvalue weighted by Gasteiger charge is -2.06. The highest BCUT2D eigenvalue weighted by Gasteiger charge is 2.10. The zero-order valence-electron chi connectivity index (χ0n) is 11.2. The maximum Gasteiger partial charge on any atom is 0.303 e. The fraction of sp³-hybridized carbons (Fsp3) is 0.231. The normalized spacial score (nSPS) is 10.6. The van der Waals surface area contributed by atoms with Gasteiger partial charge in [0.15, 0.2) is 5.16 Å². The fourth-order valence-corrected chi connectivity index (χ4v) is 3.16. The molecule has 1 aromatic heterocycles. The van der Waals surface area contributed by atoms with E-state index in [9.17, 15) is 9.59 Å². The number of halogens is 2. The number of hydrogen-bond donors (Lipinski definition) is 2. The van der Waals surface area contributed by atoms with E-state index in [0.29, 0.717) is 21.0 Å². The van der Waals surface area contributed by atoms with E-state index in [4.69, 9.17) is 28.3 Å². The van der Waals surface area contributed by atoms with Gasteiger partial charge in [-0.05, 0) is 17.7 Å². The molecule has 0 saturated heterocycles. The average molecular weight is 360 g/mol. The molecule has 2 N–H and O–H groups in total. The minimum absolute atomic E-state index is 0.0406. The van der Waals surface area contributed by atoms with Crippen molar-refractivity contribution in [3.05, 3.63) is 49.9 Å². The van der Waals surface area contributed by atoms with Crippen LogP contribution in [-0.4, -0.2) is 26.3 Å². The predicted molar refractivity (Wildman–Crippen MR) is 84.6 cm³/mol. The minimum Gasteiger partial charge on any atom is -0.481 e. The third-order valence-electron chi connectivity index (χ3n) is 2.73. The van der Waals surface area contributed by atoms with Crippen molar-refractivity contribution < 1.29 is 9.90 Å².